The highest BCUT2D eigenvalue weighted by atomic mass is 79.9. The molecule has 0 bridgehead atoms. The van der Waals surface area contributed by atoms with Crippen LogP contribution in [0.3, 0.4) is 0 Å². The third-order valence-corrected chi connectivity index (χ3v) is 5.39. The summed E-state index contributed by atoms with van der Waals surface area (Å²) in [6.45, 7) is 3.27. The third kappa shape index (κ3) is 3.47. The Morgan fingerprint density at radius 2 is 2.00 bits per heavy atom. The Morgan fingerprint density at radius 3 is 2.65 bits per heavy atom. The maximum Gasteiger partial charge on any atom is 0.323 e. The number of aryl methyl sites for hydroxylation is 1. The first-order chi connectivity index (χ1) is 12.3. The summed E-state index contributed by atoms with van der Waals surface area (Å²) in [5.41, 5.74) is 3.69. The number of nitrogens with zero attached hydrogens (tertiary/aromatic N) is 2. The Kier molecular flexibility index (Phi) is 5.06. The Labute approximate surface area is 162 Å². The molecule has 2 heterocycles. The van der Waals surface area contributed by atoms with E-state index in [9.17, 15) is 14.4 Å². The number of imide groups is 1. The number of carboxylic acid groups (broad SMARTS) is 1. The van der Waals surface area contributed by atoms with Crippen LogP contribution in [0.2, 0.25) is 0 Å². The Balaban J connectivity index is 1.98. The van der Waals surface area contributed by atoms with Gasteiger partial charge in [-0.05, 0) is 61.5 Å². The van der Waals surface area contributed by atoms with Gasteiger partial charge in [-0.1, -0.05) is 22.0 Å². The van der Waals surface area contributed by atoms with Crippen molar-refractivity contribution >= 4 is 50.9 Å². The molecule has 26 heavy (non-hydrogen) atoms. The highest BCUT2D eigenvalue weighted by Gasteiger charge is 2.36. The zero-order chi connectivity index (χ0) is 19.0. The fourth-order valence-electron chi connectivity index (χ4n) is 2.86. The molecule has 1 fully saturated rings. The standard InChI is InChI=1S/C18H15BrN2O4S/c1-10-6-12(11(2)21(10)14-5-3-4-13(19)8-14)7-15-17(24)20(9-16(22)23)18(25)26-15/h3-8H,9H2,1-2H3,(H,22,23)/b15-7+. The Morgan fingerprint density at radius 1 is 1.27 bits per heavy atom. The molecule has 1 aliphatic heterocycles. The molecule has 0 radical (unpaired) electrons. The molecular formula is C18H15BrN2O4S. The molecule has 1 aliphatic rings. The lowest BCUT2D eigenvalue weighted by Crippen LogP contribution is -2.33. The first-order valence-corrected chi connectivity index (χ1v) is 9.31. The number of rotatable bonds is 4. The molecule has 0 aliphatic carbocycles. The van der Waals surface area contributed by atoms with Crippen LogP contribution in [-0.4, -0.2) is 38.2 Å². The van der Waals surface area contributed by atoms with Gasteiger partial charge in [0.2, 0.25) is 0 Å². The molecule has 6 nitrogen and oxygen atoms in total. The average molecular weight is 435 g/mol. The van der Waals surface area contributed by atoms with E-state index in [1.54, 1.807) is 6.08 Å². The second kappa shape index (κ2) is 7.13. The number of aromatic nitrogens is 1. The topological polar surface area (TPSA) is 79.6 Å². The summed E-state index contributed by atoms with van der Waals surface area (Å²) in [6, 6.07) is 9.79. The molecule has 8 heteroatoms. The molecule has 1 saturated heterocycles. The predicted molar refractivity (Wildman–Crippen MR) is 103 cm³/mol. The van der Waals surface area contributed by atoms with Crippen molar-refractivity contribution in [3.05, 3.63) is 56.7 Å². The van der Waals surface area contributed by atoms with Gasteiger partial charge in [-0.25, -0.2) is 0 Å². The summed E-state index contributed by atoms with van der Waals surface area (Å²) >= 11 is 4.22. The van der Waals surface area contributed by atoms with Gasteiger partial charge in [0, 0.05) is 21.5 Å². The molecule has 1 aromatic heterocycles. The van der Waals surface area contributed by atoms with E-state index in [1.807, 2.05) is 44.2 Å². The van der Waals surface area contributed by atoms with Gasteiger partial charge in [-0.2, -0.15) is 0 Å². The fourth-order valence-corrected chi connectivity index (χ4v) is 4.08. The lowest BCUT2D eigenvalue weighted by Gasteiger charge is -2.10. The van der Waals surface area contributed by atoms with E-state index in [-0.39, 0.29) is 4.91 Å². The number of aliphatic carboxylic acids is 1. The summed E-state index contributed by atoms with van der Waals surface area (Å²) in [5, 5.41) is 8.27. The minimum Gasteiger partial charge on any atom is -0.480 e. The molecule has 0 atom stereocenters. The summed E-state index contributed by atoms with van der Waals surface area (Å²) in [6.07, 6.45) is 1.64. The normalized spacial score (nSPS) is 16.0. The van der Waals surface area contributed by atoms with Crippen LogP contribution in [0.25, 0.3) is 11.8 Å². The van der Waals surface area contributed by atoms with Crippen LogP contribution in [0.4, 0.5) is 4.79 Å². The zero-order valence-corrected chi connectivity index (χ0v) is 16.4. The monoisotopic (exact) mass is 434 g/mol. The molecular weight excluding hydrogens is 420 g/mol. The second-order valence-corrected chi connectivity index (χ2v) is 7.71. The van der Waals surface area contributed by atoms with Gasteiger partial charge < -0.3 is 9.67 Å². The number of carboxylic acids is 1. The lowest BCUT2D eigenvalue weighted by molar-refractivity contribution is -0.140. The van der Waals surface area contributed by atoms with Crippen LogP contribution in [0, 0.1) is 13.8 Å². The van der Waals surface area contributed by atoms with E-state index in [1.165, 1.54) is 0 Å². The van der Waals surface area contributed by atoms with Crippen molar-refractivity contribution in [1.82, 2.24) is 9.47 Å². The minimum absolute atomic E-state index is 0.228. The van der Waals surface area contributed by atoms with Crippen molar-refractivity contribution in [2.24, 2.45) is 0 Å². The van der Waals surface area contributed by atoms with Gasteiger partial charge in [0.05, 0.1) is 4.91 Å². The number of carbonyl (C=O) groups excluding carboxylic acids is 2. The molecule has 0 spiro atoms. The van der Waals surface area contributed by atoms with Crippen molar-refractivity contribution in [3.8, 4) is 5.69 Å². The van der Waals surface area contributed by atoms with Crippen LogP contribution < -0.4 is 0 Å². The number of thioether (sulfide) groups is 1. The van der Waals surface area contributed by atoms with E-state index in [4.69, 9.17) is 5.11 Å². The van der Waals surface area contributed by atoms with Gasteiger partial charge in [0.25, 0.3) is 11.1 Å². The van der Waals surface area contributed by atoms with Crippen molar-refractivity contribution in [1.29, 1.82) is 0 Å². The molecule has 134 valence electrons. The predicted octanol–water partition coefficient (Wildman–Crippen LogP) is 3.98. The second-order valence-electron chi connectivity index (χ2n) is 5.80. The fraction of sp³-hybridized carbons (Fsp3) is 0.167. The van der Waals surface area contributed by atoms with Crippen molar-refractivity contribution in [2.45, 2.75) is 13.8 Å². The van der Waals surface area contributed by atoms with Gasteiger partial charge in [0.15, 0.2) is 0 Å². The Bertz CT molecular complexity index is 964. The number of carbonyl (C=O) groups is 3. The van der Waals surface area contributed by atoms with Gasteiger partial charge in [0.1, 0.15) is 6.54 Å². The first-order valence-electron chi connectivity index (χ1n) is 7.70. The number of hydrogen-bond acceptors (Lipinski definition) is 4. The van der Waals surface area contributed by atoms with E-state index in [2.05, 4.69) is 20.5 Å². The van der Waals surface area contributed by atoms with Crippen molar-refractivity contribution in [3.63, 3.8) is 0 Å². The van der Waals surface area contributed by atoms with E-state index < -0.39 is 23.7 Å². The molecule has 1 N–H and O–H groups in total. The summed E-state index contributed by atoms with van der Waals surface area (Å²) < 4.78 is 3.01. The van der Waals surface area contributed by atoms with Crippen LogP contribution in [0.5, 0.6) is 0 Å². The molecule has 0 unspecified atom stereocenters. The smallest absolute Gasteiger partial charge is 0.323 e. The SMILES string of the molecule is Cc1cc(/C=C2/SC(=O)N(CC(=O)O)C2=O)c(C)n1-c1cccc(Br)c1. The van der Waals surface area contributed by atoms with Crippen LogP contribution in [0.1, 0.15) is 17.0 Å². The minimum atomic E-state index is -1.22. The molecule has 0 saturated carbocycles. The maximum absolute atomic E-state index is 12.3. The summed E-state index contributed by atoms with van der Waals surface area (Å²) in [7, 11) is 0. The lowest BCUT2D eigenvalue weighted by atomic mass is 10.2. The van der Waals surface area contributed by atoms with Gasteiger partial charge in [-0.15, -0.1) is 0 Å². The van der Waals surface area contributed by atoms with Crippen LogP contribution in [0.15, 0.2) is 39.7 Å². The van der Waals surface area contributed by atoms with Gasteiger partial charge in [-0.3, -0.25) is 19.3 Å². The highest BCUT2D eigenvalue weighted by molar-refractivity contribution is 9.10. The number of halogens is 1. The van der Waals surface area contributed by atoms with Crippen LogP contribution >= 0.6 is 27.7 Å². The average Bonchev–Trinajstić information content (AvgIpc) is 2.98. The third-order valence-electron chi connectivity index (χ3n) is 3.99. The summed E-state index contributed by atoms with van der Waals surface area (Å²) in [5.74, 6) is -1.80. The van der Waals surface area contributed by atoms with E-state index in [0.717, 1.165) is 43.8 Å². The van der Waals surface area contributed by atoms with Crippen molar-refractivity contribution < 1.29 is 19.5 Å². The number of hydrogen-bond donors (Lipinski definition) is 1. The highest BCUT2D eigenvalue weighted by Crippen LogP contribution is 2.33. The Hall–Kier alpha value is -2.32. The maximum atomic E-state index is 12.3. The molecule has 2 aromatic rings. The van der Waals surface area contributed by atoms with E-state index in [0.29, 0.717) is 0 Å². The van der Waals surface area contributed by atoms with Gasteiger partial charge >= 0.3 is 5.97 Å². The molecule has 1 aromatic carbocycles. The van der Waals surface area contributed by atoms with Crippen molar-refractivity contribution in [2.75, 3.05) is 6.54 Å². The largest absolute Gasteiger partial charge is 0.480 e. The summed E-state index contributed by atoms with van der Waals surface area (Å²) in [4.78, 5) is 36.0. The molecule has 3 rings (SSSR count). The number of amides is 2. The number of benzene rings is 1. The van der Waals surface area contributed by atoms with E-state index >= 15 is 0 Å². The van der Waals surface area contributed by atoms with Crippen LogP contribution in [-0.2, 0) is 9.59 Å². The zero-order valence-electron chi connectivity index (χ0n) is 14.0. The molecule has 2 amide bonds. The first kappa shape index (κ1) is 18.5. The quantitative estimate of drug-likeness (QED) is 0.736.